The summed E-state index contributed by atoms with van der Waals surface area (Å²) in [5.74, 6) is -1.27. The van der Waals surface area contributed by atoms with Crippen molar-refractivity contribution in [3.05, 3.63) is 72.3 Å². The lowest BCUT2D eigenvalue weighted by atomic mass is 10.1. The number of nitrogens with one attached hydrogen (secondary N) is 2. The highest BCUT2D eigenvalue weighted by atomic mass is 16.5. The number of anilines is 1. The van der Waals surface area contributed by atoms with E-state index in [0.717, 1.165) is 10.8 Å². The Kier molecular flexibility index (Phi) is 6.64. The first kappa shape index (κ1) is 20.9. The average molecular weight is 406 g/mol. The molecule has 0 fully saturated rings. The van der Waals surface area contributed by atoms with E-state index in [9.17, 15) is 14.4 Å². The van der Waals surface area contributed by atoms with Crippen molar-refractivity contribution in [2.45, 2.75) is 13.0 Å². The fourth-order valence-electron chi connectivity index (χ4n) is 2.94. The summed E-state index contributed by atoms with van der Waals surface area (Å²) in [6.07, 6.45) is -1.03. The standard InChI is InChI=1S/C23H22N2O5/c1-15(22(27)25-19-12-7-9-16-8-3-4-10-17(16)19)30-21(26)14-24-23(28)18-11-5-6-13-20(18)29-2/h3-13,15H,14H2,1-2H3,(H,24,28)(H,25,27)/t15-/m1/s1. The Labute approximate surface area is 174 Å². The third-order valence-corrected chi connectivity index (χ3v) is 4.47. The first-order chi connectivity index (χ1) is 14.5. The molecule has 0 bridgehead atoms. The van der Waals surface area contributed by atoms with Gasteiger partial charge in [-0.05, 0) is 30.5 Å². The Hall–Kier alpha value is -3.87. The van der Waals surface area contributed by atoms with Crippen LogP contribution in [0.15, 0.2) is 66.7 Å². The smallest absolute Gasteiger partial charge is 0.326 e. The summed E-state index contributed by atoms with van der Waals surface area (Å²) in [6, 6.07) is 19.8. The molecular formula is C23H22N2O5. The number of hydrogen-bond donors (Lipinski definition) is 2. The van der Waals surface area contributed by atoms with Gasteiger partial charge in [-0.1, -0.05) is 48.5 Å². The highest BCUT2D eigenvalue weighted by Gasteiger charge is 2.20. The molecule has 2 N–H and O–H groups in total. The van der Waals surface area contributed by atoms with E-state index >= 15 is 0 Å². The second-order valence-corrected chi connectivity index (χ2v) is 6.53. The van der Waals surface area contributed by atoms with Crippen molar-refractivity contribution in [3.8, 4) is 5.75 Å². The Morgan fingerprint density at radius 3 is 2.43 bits per heavy atom. The maximum Gasteiger partial charge on any atom is 0.326 e. The molecule has 0 saturated heterocycles. The van der Waals surface area contributed by atoms with Crippen molar-refractivity contribution in [1.82, 2.24) is 5.32 Å². The van der Waals surface area contributed by atoms with Crippen molar-refractivity contribution in [3.63, 3.8) is 0 Å². The molecule has 3 rings (SSSR count). The van der Waals surface area contributed by atoms with Gasteiger partial charge in [-0.25, -0.2) is 0 Å². The van der Waals surface area contributed by atoms with E-state index in [1.54, 1.807) is 30.3 Å². The number of fused-ring (bicyclic) bond motifs is 1. The minimum absolute atomic E-state index is 0.301. The molecule has 0 unspecified atom stereocenters. The molecule has 0 aromatic heterocycles. The minimum atomic E-state index is -1.03. The molecule has 0 aliphatic rings. The van der Waals surface area contributed by atoms with Gasteiger partial charge >= 0.3 is 5.97 Å². The predicted octanol–water partition coefficient (Wildman–Crippen LogP) is 3.15. The van der Waals surface area contributed by atoms with Crippen LogP contribution in [0.25, 0.3) is 10.8 Å². The van der Waals surface area contributed by atoms with Crippen LogP contribution in [-0.4, -0.2) is 37.5 Å². The first-order valence-corrected chi connectivity index (χ1v) is 9.39. The van der Waals surface area contributed by atoms with E-state index in [0.29, 0.717) is 17.0 Å². The van der Waals surface area contributed by atoms with Crippen LogP contribution in [0.3, 0.4) is 0 Å². The number of hydrogen-bond acceptors (Lipinski definition) is 5. The average Bonchev–Trinajstić information content (AvgIpc) is 2.77. The van der Waals surface area contributed by atoms with Gasteiger partial charge in [-0.2, -0.15) is 0 Å². The third kappa shape index (κ3) is 4.94. The number of ether oxygens (including phenoxy) is 2. The van der Waals surface area contributed by atoms with E-state index in [2.05, 4.69) is 10.6 Å². The summed E-state index contributed by atoms with van der Waals surface area (Å²) in [5.41, 5.74) is 0.931. The molecule has 0 saturated carbocycles. The molecule has 30 heavy (non-hydrogen) atoms. The minimum Gasteiger partial charge on any atom is -0.496 e. The molecule has 0 radical (unpaired) electrons. The molecule has 154 valence electrons. The summed E-state index contributed by atoms with van der Waals surface area (Å²) >= 11 is 0. The Morgan fingerprint density at radius 1 is 0.933 bits per heavy atom. The molecule has 0 aliphatic heterocycles. The molecule has 0 spiro atoms. The Balaban J connectivity index is 1.55. The molecule has 0 heterocycles. The van der Waals surface area contributed by atoms with Crippen LogP contribution < -0.4 is 15.4 Å². The number of amides is 2. The van der Waals surface area contributed by atoms with Gasteiger partial charge in [-0.3, -0.25) is 14.4 Å². The maximum absolute atomic E-state index is 12.4. The lowest BCUT2D eigenvalue weighted by molar-refractivity contribution is -0.152. The molecule has 7 nitrogen and oxygen atoms in total. The fraction of sp³-hybridized carbons (Fsp3) is 0.174. The Bertz CT molecular complexity index is 1070. The number of carbonyl (C=O) groups excluding carboxylic acids is 3. The largest absolute Gasteiger partial charge is 0.496 e. The predicted molar refractivity (Wildman–Crippen MR) is 113 cm³/mol. The molecule has 1 atom stereocenters. The number of methoxy groups -OCH3 is 1. The molecule has 2 amide bonds. The fourth-order valence-corrected chi connectivity index (χ4v) is 2.94. The van der Waals surface area contributed by atoms with E-state index in [-0.39, 0.29) is 6.54 Å². The second kappa shape index (κ2) is 9.56. The van der Waals surface area contributed by atoms with Crippen LogP contribution in [0.1, 0.15) is 17.3 Å². The molecule has 7 heteroatoms. The van der Waals surface area contributed by atoms with Gasteiger partial charge in [0.15, 0.2) is 6.10 Å². The quantitative estimate of drug-likeness (QED) is 0.588. The summed E-state index contributed by atoms with van der Waals surface area (Å²) in [4.78, 5) is 36.7. The first-order valence-electron chi connectivity index (χ1n) is 9.39. The van der Waals surface area contributed by atoms with Gasteiger partial charge in [0.2, 0.25) is 0 Å². The topological polar surface area (TPSA) is 93.7 Å². The lowest BCUT2D eigenvalue weighted by Crippen LogP contribution is -2.36. The number of benzene rings is 3. The van der Waals surface area contributed by atoms with Crippen LogP contribution in [0, 0.1) is 0 Å². The van der Waals surface area contributed by atoms with Gasteiger partial charge in [0, 0.05) is 11.1 Å². The lowest BCUT2D eigenvalue weighted by Gasteiger charge is -2.15. The van der Waals surface area contributed by atoms with Gasteiger partial charge in [0.25, 0.3) is 11.8 Å². The zero-order chi connectivity index (χ0) is 21.5. The second-order valence-electron chi connectivity index (χ2n) is 6.53. The normalized spacial score (nSPS) is 11.4. The number of para-hydroxylation sites is 1. The maximum atomic E-state index is 12.4. The van der Waals surface area contributed by atoms with E-state index in [4.69, 9.17) is 9.47 Å². The highest BCUT2D eigenvalue weighted by Crippen LogP contribution is 2.23. The number of carbonyl (C=O) groups is 3. The third-order valence-electron chi connectivity index (χ3n) is 4.47. The highest BCUT2D eigenvalue weighted by molar-refractivity contribution is 6.04. The summed E-state index contributed by atoms with van der Waals surface area (Å²) in [7, 11) is 1.45. The Morgan fingerprint density at radius 2 is 1.63 bits per heavy atom. The zero-order valence-corrected chi connectivity index (χ0v) is 16.7. The number of rotatable bonds is 7. The van der Waals surface area contributed by atoms with Gasteiger partial charge in [-0.15, -0.1) is 0 Å². The van der Waals surface area contributed by atoms with Crippen molar-refractivity contribution in [2.24, 2.45) is 0 Å². The van der Waals surface area contributed by atoms with Crippen molar-refractivity contribution in [2.75, 3.05) is 19.0 Å². The monoisotopic (exact) mass is 406 g/mol. The van der Waals surface area contributed by atoms with Crippen molar-refractivity contribution < 1.29 is 23.9 Å². The van der Waals surface area contributed by atoms with Crippen LogP contribution in [0.5, 0.6) is 5.75 Å². The van der Waals surface area contributed by atoms with Crippen LogP contribution in [0.2, 0.25) is 0 Å². The van der Waals surface area contributed by atoms with Gasteiger partial charge in [0.1, 0.15) is 12.3 Å². The van der Waals surface area contributed by atoms with E-state index < -0.39 is 23.9 Å². The van der Waals surface area contributed by atoms with Gasteiger partial charge < -0.3 is 20.1 Å². The molecule has 3 aromatic carbocycles. The summed E-state index contributed by atoms with van der Waals surface area (Å²) in [6.45, 7) is 1.10. The summed E-state index contributed by atoms with van der Waals surface area (Å²) < 4.78 is 10.3. The SMILES string of the molecule is COc1ccccc1C(=O)NCC(=O)O[C@H](C)C(=O)Nc1cccc2ccccc12. The molecular weight excluding hydrogens is 384 g/mol. The van der Waals surface area contributed by atoms with E-state index in [1.165, 1.54) is 14.0 Å². The van der Waals surface area contributed by atoms with E-state index in [1.807, 2.05) is 36.4 Å². The van der Waals surface area contributed by atoms with Crippen molar-refractivity contribution in [1.29, 1.82) is 0 Å². The molecule has 3 aromatic rings. The summed E-state index contributed by atoms with van der Waals surface area (Å²) in [5, 5.41) is 7.11. The zero-order valence-electron chi connectivity index (χ0n) is 16.7. The van der Waals surface area contributed by atoms with Crippen LogP contribution in [-0.2, 0) is 14.3 Å². The van der Waals surface area contributed by atoms with Gasteiger partial charge in [0.05, 0.1) is 12.7 Å². The number of esters is 1. The molecule has 0 aliphatic carbocycles. The van der Waals surface area contributed by atoms with Crippen LogP contribution >= 0.6 is 0 Å². The van der Waals surface area contributed by atoms with Crippen molar-refractivity contribution >= 4 is 34.2 Å². The van der Waals surface area contributed by atoms with Crippen LogP contribution in [0.4, 0.5) is 5.69 Å².